The molecule has 26 heteroatoms. The second kappa shape index (κ2) is 46.4. The molecule has 0 fully saturated rings. The largest absolute Gasteiger partial charge is 0.481 e. The highest BCUT2D eigenvalue weighted by Gasteiger charge is 2.28. The van der Waals surface area contributed by atoms with Crippen LogP contribution in [0.4, 0.5) is 4.79 Å². The monoisotopic (exact) mass is 1130 g/mol. The highest BCUT2D eigenvalue weighted by atomic mass is 32.1. The molecule has 79 heavy (non-hydrogen) atoms. The number of nitrogens with two attached hydrogens (primary N) is 1. The zero-order chi connectivity index (χ0) is 60.8. The Morgan fingerprint density at radius 2 is 1.27 bits per heavy atom. The second-order valence-corrected chi connectivity index (χ2v) is 18.1. The Hall–Kier alpha value is -7.68. The molecule has 15 N–H and O–H groups in total. The number of carboxylic acids is 4. The molecule has 0 aliphatic heterocycles. The summed E-state index contributed by atoms with van der Waals surface area (Å²) < 4.78 is 0. The summed E-state index contributed by atoms with van der Waals surface area (Å²) in [5.74, 6) is -7.13. The van der Waals surface area contributed by atoms with Gasteiger partial charge in [0.2, 0.25) is 29.5 Å². The maximum Gasteiger partial charge on any atom is 0.326 e. The van der Waals surface area contributed by atoms with E-state index < -0.39 is 96.2 Å². The van der Waals surface area contributed by atoms with Gasteiger partial charge in [0.1, 0.15) is 30.5 Å². The molecule has 0 bridgehead atoms. The van der Waals surface area contributed by atoms with Crippen LogP contribution < -0.4 is 53.6 Å². The van der Waals surface area contributed by atoms with E-state index in [4.69, 9.17) is 21.1 Å². The number of hydrogen-bond acceptors (Lipinski definition) is 15. The van der Waals surface area contributed by atoms with E-state index in [0.29, 0.717) is 25.1 Å². The number of carbonyl (C=O) groups excluding carboxylic acids is 7. The molecule has 0 saturated heterocycles. The Labute approximate surface area is 467 Å². The number of urea groups is 1. The summed E-state index contributed by atoms with van der Waals surface area (Å²) >= 11 is 3.92. The second-order valence-electron chi connectivity index (χ2n) is 17.6. The van der Waals surface area contributed by atoms with Gasteiger partial charge in [-0.05, 0) is 73.0 Å². The van der Waals surface area contributed by atoms with Gasteiger partial charge in [-0.3, -0.25) is 33.6 Å². The fourth-order valence-corrected chi connectivity index (χ4v) is 6.14. The van der Waals surface area contributed by atoms with E-state index in [1.54, 1.807) is 34.0 Å². The number of aryl methyl sites for hydroxylation is 1. The smallest absolute Gasteiger partial charge is 0.326 e. The minimum absolute atomic E-state index is 0.0597. The number of aldehydes is 1. The van der Waals surface area contributed by atoms with Gasteiger partial charge >= 0.3 is 29.9 Å². The molecule has 0 radical (unpaired) electrons. The highest BCUT2D eigenvalue weighted by Crippen LogP contribution is 2.06. The van der Waals surface area contributed by atoms with E-state index in [1.807, 2.05) is 79.8 Å². The number of nitrogens with one attached hydrogen (secondary N) is 9. The Morgan fingerprint density at radius 1 is 0.709 bits per heavy atom. The first-order valence-corrected chi connectivity index (χ1v) is 25.7. The Kier molecular flexibility index (Phi) is 44.4. The van der Waals surface area contributed by atoms with E-state index >= 15 is 0 Å². The molecule has 0 spiro atoms. The zero-order valence-corrected chi connectivity index (χ0v) is 47.1. The number of amides is 7. The van der Waals surface area contributed by atoms with Crippen molar-refractivity contribution < 1.29 is 73.2 Å². The van der Waals surface area contributed by atoms with Crippen molar-refractivity contribution in [2.75, 3.05) is 46.0 Å². The third-order valence-corrected chi connectivity index (χ3v) is 10.0. The minimum Gasteiger partial charge on any atom is -0.481 e. The lowest BCUT2D eigenvalue weighted by molar-refractivity contribution is -0.141. The van der Waals surface area contributed by atoms with Gasteiger partial charge in [-0.2, -0.15) is 12.6 Å². The van der Waals surface area contributed by atoms with Crippen molar-refractivity contribution in [1.82, 2.24) is 47.9 Å². The lowest BCUT2D eigenvalue weighted by atomic mass is 10.0. The molecule has 0 aliphatic carbocycles. The molecule has 25 nitrogen and oxygen atoms in total. The molecule has 5 unspecified atom stereocenters. The third kappa shape index (κ3) is 44.1. The number of likely N-dealkylation sites (N-methyl/N-ethyl adjacent to an activating group) is 2. The van der Waals surface area contributed by atoms with Crippen LogP contribution in [0.3, 0.4) is 0 Å². The maximum atomic E-state index is 12.0. The van der Waals surface area contributed by atoms with E-state index in [2.05, 4.69) is 80.8 Å². The van der Waals surface area contributed by atoms with E-state index in [0.717, 1.165) is 18.3 Å². The summed E-state index contributed by atoms with van der Waals surface area (Å²) in [5.41, 5.74) is 7.43. The molecule has 2 aromatic carbocycles. The van der Waals surface area contributed by atoms with Crippen LogP contribution >= 0.6 is 12.6 Å². The van der Waals surface area contributed by atoms with Crippen LogP contribution in [0.2, 0.25) is 0 Å². The van der Waals surface area contributed by atoms with Gasteiger partial charge in [0.05, 0.1) is 19.0 Å². The van der Waals surface area contributed by atoms with Crippen LogP contribution in [0, 0.1) is 6.92 Å². The van der Waals surface area contributed by atoms with Crippen molar-refractivity contribution >= 4 is 78.4 Å². The number of allylic oxidation sites excluding steroid dienone is 3. The summed E-state index contributed by atoms with van der Waals surface area (Å²) in [6, 6.07) is 13.2. The Bertz CT molecular complexity index is 2190. The number of thiol groups is 1. The van der Waals surface area contributed by atoms with Crippen LogP contribution in [0.5, 0.6) is 0 Å². The van der Waals surface area contributed by atoms with Crippen LogP contribution in [-0.2, 0) is 54.4 Å². The first-order chi connectivity index (χ1) is 37.3. The summed E-state index contributed by atoms with van der Waals surface area (Å²) in [6.07, 6.45) is 6.38. The number of aliphatic carboxylic acids is 4. The highest BCUT2D eigenvalue weighted by molar-refractivity contribution is 7.80. The first-order valence-electron chi connectivity index (χ1n) is 25.1. The summed E-state index contributed by atoms with van der Waals surface area (Å²) in [6.45, 7) is 13.7. The van der Waals surface area contributed by atoms with Crippen molar-refractivity contribution in [1.29, 1.82) is 0 Å². The van der Waals surface area contributed by atoms with Gasteiger partial charge in [-0.15, -0.1) is 0 Å². The molecule has 7 amide bonds. The summed E-state index contributed by atoms with van der Waals surface area (Å²) in [4.78, 5) is 125. The van der Waals surface area contributed by atoms with Crippen LogP contribution in [0.1, 0.15) is 83.8 Å². The molecular formula is C53H84N10O15S. The lowest BCUT2D eigenvalue weighted by Gasteiger charge is -2.26. The van der Waals surface area contributed by atoms with Gasteiger partial charge in [0.15, 0.2) is 0 Å². The number of carbonyl (C=O) groups is 11. The van der Waals surface area contributed by atoms with Crippen LogP contribution in [0.15, 0.2) is 85.5 Å². The summed E-state index contributed by atoms with van der Waals surface area (Å²) in [5, 5.41) is 57.8. The van der Waals surface area contributed by atoms with Crippen molar-refractivity contribution in [2.24, 2.45) is 5.73 Å². The van der Waals surface area contributed by atoms with Gasteiger partial charge in [-0.1, -0.05) is 98.0 Å². The van der Waals surface area contributed by atoms with Crippen LogP contribution in [-0.4, -0.2) is 168 Å². The van der Waals surface area contributed by atoms with Crippen molar-refractivity contribution in [3.63, 3.8) is 0 Å². The van der Waals surface area contributed by atoms with Crippen molar-refractivity contribution in [3.8, 4) is 0 Å². The van der Waals surface area contributed by atoms with Crippen molar-refractivity contribution in [3.05, 3.63) is 96.6 Å². The fraction of sp³-hybridized carbons (Fsp3) is 0.491. The van der Waals surface area contributed by atoms with E-state index in [9.17, 15) is 57.8 Å². The van der Waals surface area contributed by atoms with E-state index in [-0.39, 0.29) is 50.7 Å². The maximum absolute atomic E-state index is 12.0. The standard InChI is InChI=1S/C16H28N4O8.C13H17NO2.C12H23N5O5S.C7H8.C5H8/c1-16(2,8-17-3)20-11(21)6-4-9(13(24)25)18-15(28)19-10(14(26)27)5-7-12(22)23;1-2-6-13(16)14-12(10-15)9-11-7-4-3-5-8-11;1-14-6-9(18)16-5-7(13)11(21)17-8(4-10(19)20)12(22)15-2-3-23;1-7-5-3-2-4-6-7;1-3-5-4-2/h9-10,17H,4-8H2,1-3H3,(H,20,21)(H,22,23)(H,24,25)(H,26,27)(H2,18,19,28);3-5,7-8,10,12H,2,6,9H2,1H3,(H,14,16);7-8,14,23H,2-6,13H2,1H3,(H,15,22)(H,16,18)(H,17,21)(H,19,20);2-6H,1H3;3-5H,1H2,2H3/b;;;;5-4-. The van der Waals surface area contributed by atoms with Crippen LogP contribution in [0.25, 0.3) is 0 Å². The SMILES string of the molecule is C=C/C=C\C.CCCC(=O)NC(C=O)Cc1ccccc1.CNCC(=O)NCC(N)C(=O)NC(CC(=O)O)C(=O)NCCS.CNCC(C)(C)NC(=O)CCC(NC(=O)NC(CCC(=O)O)C(=O)O)C(=O)O.Cc1ccccc1. The number of carboxylic acid groups (broad SMARTS) is 4. The molecule has 5 atom stereocenters. The normalized spacial score (nSPS) is 12.1. The molecular weight excluding hydrogens is 1050 g/mol. The number of hydrogen-bond donors (Lipinski definition) is 15. The fourth-order valence-electron chi connectivity index (χ4n) is 6.02. The molecule has 0 saturated carbocycles. The van der Waals surface area contributed by atoms with Gasteiger partial charge in [0, 0.05) is 50.2 Å². The molecule has 0 heterocycles. The first kappa shape index (κ1) is 75.6. The lowest BCUT2D eigenvalue weighted by Crippen LogP contribution is -2.55. The van der Waals surface area contributed by atoms with Gasteiger partial charge in [0.25, 0.3) is 0 Å². The quantitative estimate of drug-likeness (QED) is 0.0285. The Balaban J connectivity index is -0.00000101. The zero-order valence-electron chi connectivity index (χ0n) is 46.2. The molecule has 2 rings (SSSR count). The third-order valence-electron chi connectivity index (χ3n) is 9.78. The summed E-state index contributed by atoms with van der Waals surface area (Å²) in [7, 11) is 3.31. The minimum atomic E-state index is -1.49. The Morgan fingerprint density at radius 3 is 1.68 bits per heavy atom. The van der Waals surface area contributed by atoms with E-state index in [1.165, 1.54) is 5.56 Å². The van der Waals surface area contributed by atoms with Gasteiger partial charge in [-0.25, -0.2) is 14.4 Å². The molecule has 0 aliphatic rings. The van der Waals surface area contributed by atoms with Gasteiger partial charge < -0.3 is 78.8 Å². The molecule has 0 aromatic heterocycles. The predicted octanol–water partition coefficient (Wildman–Crippen LogP) is 1.06. The van der Waals surface area contributed by atoms with Crippen molar-refractivity contribution in [2.45, 2.75) is 122 Å². The molecule has 2 aromatic rings. The number of benzene rings is 2. The topological polar surface area (TPSA) is 403 Å². The average molecular weight is 1130 g/mol. The predicted molar refractivity (Wildman–Crippen MR) is 302 cm³/mol. The number of rotatable bonds is 31. The average Bonchev–Trinajstić information content (AvgIpc) is 3.38. The molecule has 442 valence electrons.